The van der Waals surface area contributed by atoms with Crippen LogP contribution in [0.5, 0.6) is 11.5 Å². The zero-order chi connectivity index (χ0) is 22.2. The number of rotatable bonds is 5. The van der Waals surface area contributed by atoms with Crippen LogP contribution in [0.15, 0.2) is 47.5 Å². The molecule has 1 amide bonds. The van der Waals surface area contributed by atoms with Gasteiger partial charge in [0.05, 0.1) is 43.2 Å². The van der Waals surface area contributed by atoms with E-state index in [0.717, 1.165) is 5.56 Å². The first-order chi connectivity index (χ1) is 14.8. The van der Waals surface area contributed by atoms with Gasteiger partial charge in [0.2, 0.25) is 0 Å². The highest BCUT2D eigenvalue weighted by Crippen LogP contribution is 2.42. The highest BCUT2D eigenvalue weighted by Gasteiger charge is 2.49. The summed E-state index contributed by atoms with van der Waals surface area (Å²) >= 11 is 7.63. The number of amides is 1. The molecule has 2 fully saturated rings. The molecular weight excluding hydrogens is 460 g/mol. The van der Waals surface area contributed by atoms with Gasteiger partial charge in [-0.3, -0.25) is 4.79 Å². The molecule has 2 aromatic rings. The normalized spacial score (nSPS) is 23.1. The molecule has 2 aromatic carbocycles. The molecule has 164 valence electrons. The number of ether oxygens (including phenoxy) is 2. The topological polar surface area (TPSA) is 85.3 Å². The standard InChI is InChI=1S/C21H21ClN2O5S2/c1-28-17-6-4-3-5-13(17)9-20(25)23-21-24(14-7-8-18(29-2)15(22)10-14)16-11-31(26,27)12-19(16)30-21/h3-8,10,16,19H,9,11-12H2,1-2H3/t16-,19+/m0/s1. The number of methoxy groups -OCH3 is 2. The zero-order valence-electron chi connectivity index (χ0n) is 16.9. The van der Waals surface area contributed by atoms with Gasteiger partial charge in [-0.25, -0.2) is 8.42 Å². The van der Waals surface area contributed by atoms with E-state index in [2.05, 4.69) is 4.99 Å². The molecule has 0 aromatic heterocycles. The third-order valence-electron chi connectivity index (χ3n) is 5.23. The van der Waals surface area contributed by atoms with Crippen LogP contribution in [0.4, 0.5) is 5.69 Å². The Morgan fingerprint density at radius 3 is 2.61 bits per heavy atom. The van der Waals surface area contributed by atoms with Gasteiger partial charge < -0.3 is 14.4 Å². The lowest BCUT2D eigenvalue weighted by atomic mass is 10.1. The monoisotopic (exact) mass is 480 g/mol. The predicted octanol–water partition coefficient (Wildman–Crippen LogP) is 3.20. The predicted molar refractivity (Wildman–Crippen MR) is 123 cm³/mol. The van der Waals surface area contributed by atoms with Gasteiger partial charge in [0.1, 0.15) is 11.5 Å². The lowest BCUT2D eigenvalue weighted by Crippen LogP contribution is -2.37. The molecule has 7 nitrogen and oxygen atoms in total. The Morgan fingerprint density at radius 2 is 1.90 bits per heavy atom. The van der Waals surface area contributed by atoms with Crippen LogP contribution in [0, 0.1) is 0 Å². The van der Waals surface area contributed by atoms with Crippen LogP contribution in [-0.2, 0) is 21.1 Å². The van der Waals surface area contributed by atoms with Gasteiger partial charge in [-0.05, 0) is 24.3 Å². The molecule has 2 heterocycles. The molecule has 0 N–H and O–H groups in total. The quantitative estimate of drug-likeness (QED) is 0.649. The number of hydrogen-bond acceptors (Lipinski definition) is 6. The van der Waals surface area contributed by atoms with Crippen molar-refractivity contribution in [3.63, 3.8) is 0 Å². The summed E-state index contributed by atoms with van der Waals surface area (Å²) in [5, 5.41) is 0.684. The lowest BCUT2D eigenvalue weighted by molar-refractivity contribution is -0.117. The number of para-hydroxylation sites is 1. The Hall–Kier alpha value is -2.23. The molecule has 4 rings (SSSR count). The Kier molecular flexibility index (Phi) is 6.18. The Balaban J connectivity index is 1.67. The summed E-state index contributed by atoms with van der Waals surface area (Å²) in [5.74, 6) is 0.867. The van der Waals surface area contributed by atoms with Crippen molar-refractivity contribution in [3.05, 3.63) is 53.1 Å². The van der Waals surface area contributed by atoms with Crippen molar-refractivity contribution in [2.45, 2.75) is 17.7 Å². The summed E-state index contributed by atoms with van der Waals surface area (Å²) in [6.07, 6.45) is 0.0823. The van der Waals surface area contributed by atoms with Gasteiger partial charge in [-0.15, -0.1) is 0 Å². The average Bonchev–Trinajstić information content (AvgIpc) is 3.18. The van der Waals surface area contributed by atoms with Crippen molar-refractivity contribution in [1.29, 1.82) is 0 Å². The molecule has 2 aliphatic heterocycles. The number of halogens is 1. The second-order valence-corrected chi connectivity index (χ2v) is 11.0. The van der Waals surface area contributed by atoms with Crippen molar-refractivity contribution >= 4 is 50.0 Å². The van der Waals surface area contributed by atoms with Crippen molar-refractivity contribution in [1.82, 2.24) is 0 Å². The van der Waals surface area contributed by atoms with Crippen LogP contribution in [0.2, 0.25) is 5.02 Å². The van der Waals surface area contributed by atoms with Crippen LogP contribution in [-0.4, -0.2) is 56.5 Å². The van der Waals surface area contributed by atoms with Crippen molar-refractivity contribution < 1.29 is 22.7 Å². The van der Waals surface area contributed by atoms with Crippen LogP contribution in [0.3, 0.4) is 0 Å². The molecule has 0 unspecified atom stereocenters. The summed E-state index contributed by atoms with van der Waals surface area (Å²) in [6.45, 7) is 0. The fourth-order valence-electron chi connectivity index (χ4n) is 3.83. The largest absolute Gasteiger partial charge is 0.496 e. The fourth-order valence-corrected chi connectivity index (χ4v) is 8.01. The van der Waals surface area contributed by atoms with E-state index in [0.29, 0.717) is 27.4 Å². The van der Waals surface area contributed by atoms with E-state index in [1.165, 1.54) is 18.9 Å². The van der Waals surface area contributed by atoms with Gasteiger partial charge >= 0.3 is 0 Å². The van der Waals surface area contributed by atoms with Gasteiger partial charge in [-0.2, -0.15) is 4.99 Å². The number of amidine groups is 1. The molecule has 31 heavy (non-hydrogen) atoms. The van der Waals surface area contributed by atoms with E-state index in [9.17, 15) is 13.2 Å². The highest BCUT2D eigenvalue weighted by atomic mass is 35.5. The first kappa shape index (κ1) is 22.0. The molecule has 0 spiro atoms. The third kappa shape index (κ3) is 4.53. The molecule has 0 radical (unpaired) electrons. The summed E-state index contributed by atoms with van der Waals surface area (Å²) in [7, 11) is -0.0777. The fraction of sp³-hybridized carbons (Fsp3) is 0.333. The number of nitrogens with zero attached hydrogens (tertiary/aromatic N) is 2. The maximum atomic E-state index is 12.8. The number of thioether (sulfide) groups is 1. The smallest absolute Gasteiger partial charge is 0.252 e. The lowest BCUT2D eigenvalue weighted by Gasteiger charge is -2.25. The molecule has 2 aliphatic rings. The summed E-state index contributed by atoms with van der Waals surface area (Å²) in [4.78, 5) is 18.9. The summed E-state index contributed by atoms with van der Waals surface area (Å²) in [5.41, 5.74) is 1.41. The van der Waals surface area contributed by atoms with E-state index in [4.69, 9.17) is 21.1 Å². The van der Waals surface area contributed by atoms with E-state index >= 15 is 0 Å². The Bertz CT molecular complexity index is 1150. The number of anilines is 1. The minimum Gasteiger partial charge on any atom is -0.496 e. The molecule has 0 bridgehead atoms. The van der Waals surface area contributed by atoms with E-state index < -0.39 is 9.84 Å². The van der Waals surface area contributed by atoms with Crippen LogP contribution in [0.1, 0.15) is 5.56 Å². The van der Waals surface area contributed by atoms with Gasteiger partial charge in [0.15, 0.2) is 15.0 Å². The molecule has 2 saturated heterocycles. The average molecular weight is 481 g/mol. The highest BCUT2D eigenvalue weighted by molar-refractivity contribution is 8.16. The SMILES string of the molecule is COc1ccc(N2C(=NC(=O)Cc3ccccc3OC)S[C@@H]3CS(=O)(=O)C[C@@H]32)cc1Cl. The number of fused-ring (bicyclic) bond motifs is 1. The van der Waals surface area contributed by atoms with Gasteiger partial charge in [-0.1, -0.05) is 41.6 Å². The maximum absolute atomic E-state index is 12.8. The molecule has 2 atom stereocenters. The second kappa shape index (κ2) is 8.72. The number of carbonyl (C=O) groups excluding carboxylic acids is 1. The van der Waals surface area contributed by atoms with Gasteiger partial charge in [0, 0.05) is 16.5 Å². The number of hydrogen-bond donors (Lipinski definition) is 0. The minimum atomic E-state index is -3.16. The van der Waals surface area contributed by atoms with Crippen LogP contribution in [0.25, 0.3) is 0 Å². The number of sulfone groups is 1. The first-order valence-electron chi connectivity index (χ1n) is 9.54. The van der Waals surface area contributed by atoms with E-state index in [-0.39, 0.29) is 35.1 Å². The summed E-state index contributed by atoms with van der Waals surface area (Å²) in [6, 6.07) is 12.2. The third-order valence-corrected chi connectivity index (χ3v) is 8.74. The Morgan fingerprint density at radius 1 is 1.16 bits per heavy atom. The van der Waals surface area contributed by atoms with E-state index in [1.54, 1.807) is 31.4 Å². The van der Waals surface area contributed by atoms with Gasteiger partial charge in [0.25, 0.3) is 5.91 Å². The second-order valence-electron chi connectivity index (χ2n) is 7.27. The van der Waals surface area contributed by atoms with E-state index in [1.807, 2.05) is 23.1 Å². The van der Waals surface area contributed by atoms with Crippen molar-refractivity contribution in [2.75, 3.05) is 30.6 Å². The number of benzene rings is 2. The first-order valence-corrected chi connectivity index (χ1v) is 12.6. The number of carbonyl (C=O) groups is 1. The van der Waals surface area contributed by atoms with Crippen LogP contribution >= 0.6 is 23.4 Å². The molecule has 0 saturated carbocycles. The van der Waals surface area contributed by atoms with Crippen LogP contribution < -0.4 is 14.4 Å². The number of aliphatic imine (C=N–C) groups is 1. The Labute approximate surface area is 190 Å². The van der Waals surface area contributed by atoms with Crippen molar-refractivity contribution in [3.8, 4) is 11.5 Å². The maximum Gasteiger partial charge on any atom is 0.252 e. The van der Waals surface area contributed by atoms with Crippen molar-refractivity contribution in [2.24, 2.45) is 4.99 Å². The minimum absolute atomic E-state index is 0.00797. The zero-order valence-corrected chi connectivity index (χ0v) is 19.3. The molecular formula is C21H21ClN2O5S2. The summed E-state index contributed by atoms with van der Waals surface area (Å²) < 4.78 is 35.0. The molecule has 0 aliphatic carbocycles. The molecule has 10 heteroatoms.